The Morgan fingerprint density at radius 1 is 0.898 bits per heavy atom. The van der Waals surface area contributed by atoms with Gasteiger partial charge in [-0.05, 0) is 74.3 Å². The van der Waals surface area contributed by atoms with Crippen LogP contribution in [-0.2, 0) is 41.9 Å². The average molecular weight is 702 g/mol. The van der Waals surface area contributed by atoms with E-state index in [1.807, 2.05) is 24.3 Å². The molecule has 1 aliphatic carbocycles. The van der Waals surface area contributed by atoms with Crippen molar-refractivity contribution in [3.05, 3.63) is 104 Å². The topological polar surface area (TPSA) is 97.4 Å². The minimum Gasteiger partial charge on any atom is -0.657 e. The standard InChI is InChI=1S/C41H41N4O3.Zn/c1-7-28-22(2)34-19-38-29(13-12-26-8-10-27(21-46)11-9-26)23(3)33(43-38)18-35-25(5)31(16-17-39(47)48-6)41(44-35)32-15-14-30-24(4)36(45-40(30)32)20-37(28)42-34;/h8-13,18-21,25,31H,7,14-17H2,1-6H3,(H-,42,43,44,45,46);/q-1;+2/p-1/t25-,31-;/m0./s1. The van der Waals surface area contributed by atoms with Crippen LogP contribution in [0.25, 0.3) is 45.4 Å². The van der Waals surface area contributed by atoms with Gasteiger partial charge >= 0.3 is 25.4 Å². The smallest absolute Gasteiger partial charge is 0.657 e. The molecule has 3 aliphatic rings. The molecule has 7 nitrogen and oxygen atoms in total. The summed E-state index contributed by atoms with van der Waals surface area (Å²) in [5.74, 6) is -0.0475. The normalized spacial score (nSPS) is 16.7. The van der Waals surface area contributed by atoms with E-state index < -0.39 is 0 Å². The van der Waals surface area contributed by atoms with Crippen molar-refractivity contribution in [2.45, 2.75) is 78.6 Å². The van der Waals surface area contributed by atoms with Crippen LogP contribution in [0.2, 0.25) is 0 Å². The molecule has 5 heterocycles. The molecule has 8 heteroatoms. The van der Waals surface area contributed by atoms with Gasteiger partial charge < -0.3 is 14.7 Å². The maximum Gasteiger partial charge on any atom is 2.00 e. The largest absolute Gasteiger partial charge is 2.00 e. The zero-order valence-corrected chi connectivity index (χ0v) is 32.2. The molecule has 2 aliphatic heterocycles. The van der Waals surface area contributed by atoms with E-state index in [1.165, 1.54) is 29.4 Å². The zero-order chi connectivity index (χ0) is 33.7. The molecule has 244 valence electrons. The number of ether oxygens (including phenoxy) is 1. The predicted molar refractivity (Wildman–Crippen MR) is 192 cm³/mol. The number of methoxy groups -OCH3 is 1. The number of rotatable bonds is 7. The number of carbonyl (C=O) groups excluding carboxylic acids is 2. The first-order valence-electron chi connectivity index (χ1n) is 16.9. The van der Waals surface area contributed by atoms with Crippen molar-refractivity contribution < 1.29 is 33.8 Å². The number of hydrogen-bond donors (Lipinski definition) is 0. The van der Waals surface area contributed by atoms with E-state index in [1.54, 1.807) is 0 Å². The summed E-state index contributed by atoms with van der Waals surface area (Å²) in [5.41, 5.74) is 17.4. The van der Waals surface area contributed by atoms with Crippen LogP contribution in [-0.4, -0.2) is 29.3 Å². The van der Waals surface area contributed by atoms with Crippen LogP contribution in [0.1, 0.15) is 118 Å². The third-order valence-corrected chi connectivity index (χ3v) is 10.5. The molecule has 0 radical (unpaired) electrons. The van der Waals surface area contributed by atoms with E-state index in [9.17, 15) is 9.59 Å². The average Bonchev–Trinajstić information content (AvgIpc) is 3.86. The minimum atomic E-state index is -0.206. The zero-order valence-electron chi connectivity index (χ0n) is 29.2. The van der Waals surface area contributed by atoms with Crippen molar-refractivity contribution >= 4 is 57.6 Å². The summed E-state index contributed by atoms with van der Waals surface area (Å²) in [4.78, 5) is 44.4. The molecule has 49 heavy (non-hydrogen) atoms. The second-order valence-electron chi connectivity index (χ2n) is 13.2. The van der Waals surface area contributed by atoms with Crippen molar-refractivity contribution in [3.8, 4) is 0 Å². The number of esters is 1. The van der Waals surface area contributed by atoms with E-state index in [0.717, 1.165) is 92.7 Å². The Morgan fingerprint density at radius 3 is 2.31 bits per heavy atom. The Kier molecular flexibility index (Phi) is 9.73. The number of nitrogens with zero attached hydrogens (tertiary/aromatic N) is 4. The van der Waals surface area contributed by atoms with Crippen LogP contribution in [0.5, 0.6) is 0 Å². The van der Waals surface area contributed by atoms with E-state index in [4.69, 9.17) is 24.7 Å². The minimum absolute atomic E-state index is 0. The third kappa shape index (κ3) is 6.16. The van der Waals surface area contributed by atoms with Gasteiger partial charge in [0.1, 0.15) is 6.29 Å². The van der Waals surface area contributed by atoms with Crippen molar-refractivity contribution in [2.24, 2.45) is 0 Å². The van der Waals surface area contributed by atoms with Gasteiger partial charge in [-0.25, -0.2) is 4.98 Å². The van der Waals surface area contributed by atoms with E-state index in [0.29, 0.717) is 18.4 Å². The number of allylic oxidation sites excluding steroid dienone is 2. The van der Waals surface area contributed by atoms with Gasteiger partial charge in [0.05, 0.1) is 18.5 Å². The molecule has 1 aromatic carbocycles. The first kappa shape index (κ1) is 34.4. The Bertz CT molecular complexity index is 2200. The van der Waals surface area contributed by atoms with Gasteiger partial charge in [-0.2, -0.15) is 0 Å². The Hall–Kier alpha value is -4.42. The van der Waals surface area contributed by atoms with Crippen LogP contribution in [0.3, 0.4) is 0 Å². The molecule has 3 aromatic heterocycles. The number of benzene rings is 1. The molecule has 0 fully saturated rings. The fraction of sp³-hybridized carbons (Fsp3) is 0.317. The van der Waals surface area contributed by atoms with E-state index >= 15 is 0 Å². The summed E-state index contributed by atoms with van der Waals surface area (Å²) < 4.78 is 5.03. The first-order valence-corrected chi connectivity index (χ1v) is 16.9. The number of carbonyl (C=O) groups is 2. The quantitative estimate of drug-likeness (QED) is 0.108. The Labute approximate surface area is 300 Å². The molecule has 4 aromatic rings. The summed E-state index contributed by atoms with van der Waals surface area (Å²) in [6.45, 7) is 10.8. The van der Waals surface area contributed by atoms with Crippen molar-refractivity contribution in [1.29, 1.82) is 0 Å². The maximum absolute atomic E-state index is 12.3. The van der Waals surface area contributed by atoms with Crippen LogP contribution in [0, 0.1) is 13.8 Å². The van der Waals surface area contributed by atoms with Gasteiger partial charge in [-0.15, -0.1) is 22.1 Å². The molecule has 0 saturated carbocycles. The Balaban J connectivity index is 0.00000417. The number of aromatic nitrogens is 4. The van der Waals surface area contributed by atoms with Crippen molar-refractivity contribution in [2.75, 3.05) is 7.11 Å². The summed E-state index contributed by atoms with van der Waals surface area (Å²) in [7, 11) is 1.45. The predicted octanol–water partition coefficient (Wildman–Crippen LogP) is 8.45. The molecule has 8 bridgehead atoms. The summed E-state index contributed by atoms with van der Waals surface area (Å²) in [6, 6.07) is 13.9. The number of aryl methyl sites for hydroxylation is 4. The molecule has 7 rings (SSSR count). The maximum atomic E-state index is 12.3. The number of aldehydes is 1. The SMILES string of the molecule is CCC1=C(C)c2cc3[n-]c(cc4nc(c5c6[n-]c(cc1n2)c(C)c6CC5)[C@@H](CCC(=O)OC)[C@@H]4C)c(C)c3/C=C/c1ccc(C=O)cc1.[Zn+2]. The number of fused-ring (bicyclic) bond motifs is 8. The fourth-order valence-electron chi connectivity index (χ4n) is 7.56. The van der Waals surface area contributed by atoms with Crippen LogP contribution >= 0.6 is 0 Å². The third-order valence-electron chi connectivity index (χ3n) is 10.5. The molecular formula is C41H40N4O3Zn. The molecule has 0 spiro atoms. The van der Waals surface area contributed by atoms with Gasteiger partial charge in [0.15, 0.2) is 0 Å². The van der Waals surface area contributed by atoms with Gasteiger partial charge in [0.25, 0.3) is 0 Å². The van der Waals surface area contributed by atoms with Crippen LogP contribution in [0.15, 0.2) is 42.5 Å². The fourth-order valence-corrected chi connectivity index (χ4v) is 7.56. The summed E-state index contributed by atoms with van der Waals surface area (Å²) in [5, 5.41) is 0. The molecule has 0 unspecified atom stereocenters. The molecular weight excluding hydrogens is 662 g/mol. The second-order valence-corrected chi connectivity index (χ2v) is 13.2. The molecule has 0 amide bonds. The van der Waals surface area contributed by atoms with Gasteiger partial charge in [-0.3, -0.25) is 14.6 Å². The van der Waals surface area contributed by atoms with Gasteiger partial charge in [0, 0.05) is 35.2 Å². The molecule has 0 saturated heterocycles. The summed E-state index contributed by atoms with van der Waals surface area (Å²) in [6.07, 6.45) is 8.69. The molecule has 2 atom stereocenters. The van der Waals surface area contributed by atoms with E-state index in [2.05, 4.69) is 65.0 Å². The van der Waals surface area contributed by atoms with Crippen LogP contribution in [0.4, 0.5) is 0 Å². The monoisotopic (exact) mass is 700 g/mol. The molecule has 0 N–H and O–H groups in total. The van der Waals surface area contributed by atoms with Crippen molar-refractivity contribution in [3.63, 3.8) is 0 Å². The first-order chi connectivity index (χ1) is 23.2. The van der Waals surface area contributed by atoms with Crippen LogP contribution < -0.4 is 9.97 Å². The van der Waals surface area contributed by atoms with Crippen molar-refractivity contribution in [1.82, 2.24) is 19.9 Å². The number of hydrogen-bond acceptors (Lipinski definition) is 5. The van der Waals surface area contributed by atoms with Gasteiger partial charge in [-0.1, -0.05) is 85.2 Å². The summed E-state index contributed by atoms with van der Waals surface area (Å²) >= 11 is 0. The Morgan fingerprint density at radius 2 is 1.59 bits per heavy atom. The second kappa shape index (κ2) is 13.8. The van der Waals surface area contributed by atoms with E-state index in [-0.39, 0.29) is 37.3 Å². The van der Waals surface area contributed by atoms with Gasteiger partial charge in [0.2, 0.25) is 0 Å².